The van der Waals surface area contributed by atoms with Gasteiger partial charge in [0.15, 0.2) is 0 Å². The van der Waals surface area contributed by atoms with Gasteiger partial charge in [-0.25, -0.2) is 4.39 Å². The molecule has 6 heteroatoms. The average Bonchev–Trinajstić information content (AvgIpc) is 2.66. The number of rotatable bonds is 6. The van der Waals surface area contributed by atoms with E-state index in [9.17, 15) is 4.79 Å². The molecule has 1 heterocycles. The number of carbonyl (C=O) groups excluding carboxylic acids is 1. The summed E-state index contributed by atoms with van der Waals surface area (Å²) in [4.78, 5) is 14.7. The van der Waals surface area contributed by atoms with Gasteiger partial charge in [-0.1, -0.05) is 48.2 Å². The lowest BCUT2D eigenvalue weighted by Gasteiger charge is -2.39. The summed E-state index contributed by atoms with van der Waals surface area (Å²) in [5.74, 6) is -0.346. The van der Waals surface area contributed by atoms with E-state index in [2.05, 4.69) is 31.0 Å². The fraction of sp³-hybridized carbons (Fsp3) is 0.625. The van der Waals surface area contributed by atoms with Crippen LogP contribution in [-0.4, -0.2) is 42.7 Å². The number of allylic oxidation sites excluding steroid dienone is 1. The third-order valence-corrected chi connectivity index (χ3v) is 7.24. The molecule has 166 valence electrons. The van der Waals surface area contributed by atoms with Crippen molar-refractivity contribution in [3.63, 3.8) is 0 Å². The highest BCUT2D eigenvalue weighted by Crippen LogP contribution is 2.42. The zero-order valence-electron chi connectivity index (χ0n) is 18.3. The van der Waals surface area contributed by atoms with E-state index in [4.69, 9.17) is 23.2 Å². The minimum atomic E-state index is -1.37. The number of halogens is 3. The van der Waals surface area contributed by atoms with Crippen LogP contribution in [0.5, 0.6) is 0 Å². The summed E-state index contributed by atoms with van der Waals surface area (Å²) < 4.78 is 15.3. The highest BCUT2D eigenvalue weighted by molar-refractivity contribution is 6.35. The Morgan fingerprint density at radius 1 is 1.13 bits per heavy atom. The van der Waals surface area contributed by atoms with E-state index in [1.54, 1.807) is 29.3 Å². The Hall–Kier alpha value is -1.10. The van der Waals surface area contributed by atoms with Crippen LogP contribution in [0.3, 0.4) is 0 Å². The lowest BCUT2D eigenvalue weighted by Crippen LogP contribution is -2.48. The maximum atomic E-state index is 15.3. The van der Waals surface area contributed by atoms with Gasteiger partial charge in [0.05, 0.1) is 6.54 Å². The van der Waals surface area contributed by atoms with Crippen molar-refractivity contribution in [2.24, 2.45) is 5.41 Å². The molecule has 0 spiro atoms. The zero-order valence-corrected chi connectivity index (χ0v) is 19.8. The molecule has 30 heavy (non-hydrogen) atoms. The Balaban J connectivity index is 1.48. The molecule has 0 atom stereocenters. The molecule has 0 unspecified atom stereocenters. The van der Waals surface area contributed by atoms with Crippen molar-refractivity contribution in [3.05, 3.63) is 45.0 Å². The van der Waals surface area contributed by atoms with Crippen LogP contribution in [0.1, 0.15) is 69.7 Å². The van der Waals surface area contributed by atoms with Crippen LogP contribution >= 0.6 is 23.2 Å². The summed E-state index contributed by atoms with van der Waals surface area (Å²) in [6.45, 7) is 9.42. The zero-order chi connectivity index (χ0) is 21.9. The second-order valence-corrected chi connectivity index (χ2v) is 10.5. The van der Waals surface area contributed by atoms with Crippen molar-refractivity contribution < 1.29 is 9.18 Å². The van der Waals surface area contributed by atoms with E-state index in [1.165, 1.54) is 19.3 Å². The van der Waals surface area contributed by atoms with Crippen LogP contribution in [0.2, 0.25) is 10.0 Å². The van der Waals surface area contributed by atoms with E-state index in [0.29, 0.717) is 28.5 Å². The van der Waals surface area contributed by atoms with Gasteiger partial charge in [-0.3, -0.25) is 4.79 Å². The van der Waals surface area contributed by atoms with Gasteiger partial charge in [-0.05, 0) is 69.1 Å². The fourth-order valence-corrected chi connectivity index (χ4v) is 5.40. The second-order valence-electron chi connectivity index (χ2n) is 9.58. The summed E-state index contributed by atoms with van der Waals surface area (Å²) in [5.41, 5.74) is 2.42. The van der Waals surface area contributed by atoms with E-state index >= 15 is 4.39 Å². The maximum Gasteiger partial charge on any atom is 0.251 e. The molecule has 0 bridgehead atoms. The molecule has 1 amide bonds. The number of nitrogens with one attached hydrogen (secondary N) is 1. The molecule has 0 radical (unpaired) electrons. The Bertz CT molecular complexity index is 793. The maximum absolute atomic E-state index is 15.3. The minimum Gasteiger partial charge on any atom is -0.349 e. The molecular weight excluding hydrogens is 422 g/mol. The normalized spacial score (nSPS) is 21.5. The summed E-state index contributed by atoms with van der Waals surface area (Å²) >= 11 is 11.9. The summed E-state index contributed by atoms with van der Waals surface area (Å²) in [7, 11) is 0. The topological polar surface area (TPSA) is 32.3 Å². The summed E-state index contributed by atoms with van der Waals surface area (Å²) in [6, 6.07) is 4.65. The van der Waals surface area contributed by atoms with Gasteiger partial charge in [0.25, 0.3) is 5.91 Å². The molecule has 2 aliphatic rings. The van der Waals surface area contributed by atoms with Crippen LogP contribution < -0.4 is 5.32 Å². The monoisotopic (exact) mass is 454 g/mol. The largest absolute Gasteiger partial charge is 0.349 e. The minimum absolute atomic E-state index is 0.0150. The van der Waals surface area contributed by atoms with E-state index in [-0.39, 0.29) is 17.9 Å². The van der Waals surface area contributed by atoms with E-state index in [0.717, 1.165) is 26.1 Å². The molecule has 3 nitrogen and oxygen atoms in total. The number of amides is 1. The number of piperidine rings is 1. The van der Waals surface area contributed by atoms with Crippen molar-refractivity contribution in [3.8, 4) is 0 Å². The molecule has 1 aromatic carbocycles. The molecule has 1 aliphatic heterocycles. The Morgan fingerprint density at radius 2 is 1.77 bits per heavy atom. The van der Waals surface area contributed by atoms with E-state index < -0.39 is 5.67 Å². The van der Waals surface area contributed by atoms with Gasteiger partial charge < -0.3 is 10.2 Å². The molecule has 3 rings (SSSR count). The first kappa shape index (κ1) is 23.6. The first-order valence-electron chi connectivity index (χ1n) is 10.9. The number of hydrogen-bond donors (Lipinski definition) is 1. The molecule has 1 saturated heterocycles. The first-order chi connectivity index (χ1) is 14.1. The molecular formula is C24H33Cl2FN2O. The van der Waals surface area contributed by atoms with Crippen molar-refractivity contribution >= 4 is 29.1 Å². The number of likely N-dealkylation sites (tertiary alicyclic amines) is 1. The van der Waals surface area contributed by atoms with Crippen molar-refractivity contribution in [1.29, 1.82) is 0 Å². The van der Waals surface area contributed by atoms with Crippen molar-refractivity contribution in [1.82, 2.24) is 10.2 Å². The lowest BCUT2D eigenvalue weighted by atomic mass is 9.71. The van der Waals surface area contributed by atoms with Crippen molar-refractivity contribution in [2.45, 2.75) is 65.0 Å². The van der Waals surface area contributed by atoms with Crippen LogP contribution in [0.15, 0.2) is 29.3 Å². The number of hydrogen-bond acceptors (Lipinski definition) is 2. The third kappa shape index (κ3) is 5.99. The fourth-order valence-electron chi connectivity index (χ4n) is 4.88. The van der Waals surface area contributed by atoms with Crippen LogP contribution in [-0.2, 0) is 0 Å². The highest BCUT2D eigenvalue weighted by atomic mass is 35.5. The molecule has 0 saturated carbocycles. The van der Waals surface area contributed by atoms with Gasteiger partial charge >= 0.3 is 0 Å². The molecule has 1 N–H and O–H groups in total. The molecule has 1 fully saturated rings. The van der Waals surface area contributed by atoms with Gasteiger partial charge in [-0.2, -0.15) is 0 Å². The first-order valence-corrected chi connectivity index (χ1v) is 11.7. The smallest absolute Gasteiger partial charge is 0.251 e. The summed E-state index contributed by atoms with van der Waals surface area (Å²) in [6.07, 6.45) is 5.69. The van der Waals surface area contributed by atoms with Gasteiger partial charge in [-0.15, -0.1) is 0 Å². The van der Waals surface area contributed by atoms with Gasteiger partial charge in [0, 0.05) is 35.2 Å². The van der Waals surface area contributed by atoms with Crippen LogP contribution in [0.4, 0.5) is 4.39 Å². The predicted octanol–water partition coefficient (Wildman–Crippen LogP) is 6.44. The molecule has 1 aromatic rings. The Labute approximate surface area is 190 Å². The SMILES string of the molecule is CC1=C(CCN2CCC(F)(CNC(=O)c3cc(Cl)cc(Cl)c3)CC2)C(C)(C)CCC1. The average molecular weight is 455 g/mol. The summed E-state index contributed by atoms with van der Waals surface area (Å²) in [5, 5.41) is 3.50. The standard InChI is InChI=1S/C24H33Cl2FN2O/c1-17-5-4-7-23(2,3)21(17)6-10-29-11-8-24(27,9-12-29)16-28-22(30)18-13-19(25)15-20(26)14-18/h13-15H,4-12,16H2,1-3H3,(H,28,30). The predicted molar refractivity (Wildman–Crippen MR) is 123 cm³/mol. The number of carbonyl (C=O) groups is 1. The highest BCUT2D eigenvalue weighted by Gasteiger charge is 2.35. The van der Waals surface area contributed by atoms with Crippen LogP contribution in [0.25, 0.3) is 0 Å². The third-order valence-electron chi connectivity index (χ3n) is 6.81. The number of alkyl halides is 1. The van der Waals surface area contributed by atoms with E-state index in [1.807, 2.05) is 0 Å². The van der Waals surface area contributed by atoms with Gasteiger partial charge in [0.1, 0.15) is 5.67 Å². The molecule has 1 aliphatic carbocycles. The lowest BCUT2D eigenvalue weighted by molar-refractivity contribution is 0.0543. The quantitative estimate of drug-likeness (QED) is 0.501. The Kier molecular flexibility index (Phi) is 7.53. The molecule has 0 aromatic heterocycles. The van der Waals surface area contributed by atoms with Gasteiger partial charge in [0.2, 0.25) is 0 Å². The van der Waals surface area contributed by atoms with Crippen molar-refractivity contribution in [2.75, 3.05) is 26.2 Å². The van der Waals surface area contributed by atoms with Crippen LogP contribution in [0, 0.1) is 5.41 Å². The Morgan fingerprint density at radius 3 is 2.37 bits per heavy atom. The number of benzene rings is 1. The number of nitrogens with zero attached hydrogens (tertiary/aromatic N) is 1. The second kappa shape index (κ2) is 9.58.